The number of rotatable bonds is 7. The van der Waals surface area contributed by atoms with Crippen molar-refractivity contribution in [1.29, 1.82) is 0 Å². The quantitative estimate of drug-likeness (QED) is 0.731. The number of nitrogens with zero attached hydrogens (tertiary/aromatic N) is 1. The molecule has 140 valence electrons. The van der Waals surface area contributed by atoms with E-state index in [2.05, 4.69) is 10.6 Å². The molecule has 2 N–H and O–H groups in total. The summed E-state index contributed by atoms with van der Waals surface area (Å²) >= 11 is 0. The number of benzene rings is 1. The highest BCUT2D eigenvalue weighted by Gasteiger charge is 2.29. The van der Waals surface area contributed by atoms with Gasteiger partial charge in [-0.15, -0.1) is 0 Å². The highest BCUT2D eigenvalue weighted by Crippen LogP contribution is 2.30. The second kappa shape index (κ2) is 8.61. The topological polar surface area (TPSA) is 97.0 Å². The number of hydrogen-bond donors (Lipinski definition) is 2. The molecule has 1 aliphatic heterocycles. The molecule has 8 nitrogen and oxygen atoms in total. The molecule has 1 aromatic carbocycles. The molecule has 1 fully saturated rings. The van der Waals surface area contributed by atoms with Crippen LogP contribution >= 0.6 is 0 Å². The van der Waals surface area contributed by atoms with Crippen molar-refractivity contribution in [2.75, 3.05) is 45.3 Å². The summed E-state index contributed by atoms with van der Waals surface area (Å²) in [7, 11) is -2.31. The maximum absolute atomic E-state index is 12.9. The Morgan fingerprint density at radius 2 is 2.00 bits per heavy atom. The fraction of sp³-hybridized carbons (Fsp3) is 0.562. The highest BCUT2D eigenvalue weighted by molar-refractivity contribution is 7.89. The maximum atomic E-state index is 12.9. The molecule has 25 heavy (non-hydrogen) atoms. The Labute approximate surface area is 148 Å². The van der Waals surface area contributed by atoms with E-state index in [1.54, 1.807) is 12.1 Å². The van der Waals surface area contributed by atoms with Crippen molar-refractivity contribution in [3.63, 3.8) is 0 Å². The summed E-state index contributed by atoms with van der Waals surface area (Å²) in [5, 5.41) is 5.71. The van der Waals surface area contributed by atoms with E-state index in [9.17, 15) is 13.2 Å². The molecule has 0 bridgehead atoms. The van der Waals surface area contributed by atoms with E-state index >= 15 is 0 Å². The first-order valence-corrected chi connectivity index (χ1v) is 9.57. The van der Waals surface area contributed by atoms with Gasteiger partial charge in [-0.05, 0) is 18.2 Å². The third-order valence-corrected chi connectivity index (χ3v) is 5.63. The van der Waals surface area contributed by atoms with Gasteiger partial charge in [0.25, 0.3) is 0 Å². The van der Waals surface area contributed by atoms with Gasteiger partial charge in [-0.2, -0.15) is 4.31 Å². The van der Waals surface area contributed by atoms with Gasteiger partial charge in [-0.3, -0.25) is 4.79 Å². The molecule has 0 radical (unpaired) electrons. The fourth-order valence-electron chi connectivity index (χ4n) is 2.38. The molecule has 9 heteroatoms. The highest BCUT2D eigenvalue weighted by atomic mass is 32.2. The van der Waals surface area contributed by atoms with Crippen LogP contribution in [0.3, 0.4) is 0 Å². The van der Waals surface area contributed by atoms with E-state index in [1.165, 1.54) is 17.5 Å². The molecule has 1 heterocycles. The standard InChI is InChI=1S/C16H25N3O5S/c1-12(2)17-11-16(20)18-13-4-5-14(23-3)15(10-13)25(21,22)19-6-8-24-9-7-19/h4-5,10,12,17H,6-9,11H2,1-3H3,(H,18,20). The number of nitrogens with one attached hydrogen (secondary N) is 2. The number of ether oxygens (including phenoxy) is 2. The van der Waals surface area contributed by atoms with Crippen LogP contribution in [-0.4, -0.2) is 64.6 Å². The molecule has 1 aromatic rings. The van der Waals surface area contributed by atoms with Gasteiger partial charge < -0.3 is 20.1 Å². The second-order valence-electron chi connectivity index (χ2n) is 5.97. The molecule has 0 aliphatic carbocycles. The normalized spacial score (nSPS) is 16.0. The van der Waals surface area contributed by atoms with Crippen LogP contribution in [0, 0.1) is 0 Å². The molecule has 0 aromatic heterocycles. The van der Waals surface area contributed by atoms with Crippen molar-refractivity contribution in [2.45, 2.75) is 24.8 Å². The molecule has 0 saturated carbocycles. The summed E-state index contributed by atoms with van der Waals surface area (Å²) in [6.07, 6.45) is 0. The number of morpholine rings is 1. The molecular weight excluding hydrogens is 346 g/mol. The maximum Gasteiger partial charge on any atom is 0.246 e. The minimum absolute atomic E-state index is 0.0338. The Bertz CT molecular complexity index is 700. The van der Waals surface area contributed by atoms with Gasteiger partial charge in [-0.1, -0.05) is 13.8 Å². The Morgan fingerprint density at radius 3 is 2.60 bits per heavy atom. The Balaban J connectivity index is 2.23. The van der Waals surface area contributed by atoms with Gasteiger partial charge in [0.05, 0.1) is 26.9 Å². The monoisotopic (exact) mass is 371 g/mol. The van der Waals surface area contributed by atoms with E-state index in [4.69, 9.17) is 9.47 Å². The van der Waals surface area contributed by atoms with Crippen molar-refractivity contribution in [1.82, 2.24) is 9.62 Å². The average Bonchev–Trinajstić information content (AvgIpc) is 2.60. The minimum atomic E-state index is -3.73. The third-order valence-electron chi connectivity index (χ3n) is 3.71. The van der Waals surface area contributed by atoms with E-state index in [0.29, 0.717) is 32.0 Å². The summed E-state index contributed by atoms with van der Waals surface area (Å²) in [6.45, 7) is 5.33. The predicted molar refractivity (Wildman–Crippen MR) is 94.3 cm³/mol. The summed E-state index contributed by atoms with van der Waals surface area (Å²) in [6, 6.07) is 4.76. The SMILES string of the molecule is COc1ccc(NC(=O)CNC(C)C)cc1S(=O)(=O)N1CCOCC1. The zero-order valence-corrected chi connectivity index (χ0v) is 15.6. The third kappa shape index (κ3) is 5.15. The smallest absolute Gasteiger partial charge is 0.246 e. The number of sulfonamides is 1. The number of amides is 1. The fourth-order valence-corrected chi connectivity index (χ4v) is 3.97. The van der Waals surface area contributed by atoms with Crippen LogP contribution in [-0.2, 0) is 19.6 Å². The van der Waals surface area contributed by atoms with Crippen LogP contribution in [0.15, 0.2) is 23.1 Å². The van der Waals surface area contributed by atoms with Crippen molar-refractivity contribution in [3.8, 4) is 5.75 Å². The van der Waals surface area contributed by atoms with Crippen molar-refractivity contribution in [3.05, 3.63) is 18.2 Å². The molecule has 2 rings (SSSR count). The van der Waals surface area contributed by atoms with Crippen LogP contribution in [0.1, 0.15) is 13.8 Å². The lowest BCUT2D eigenvalue weighted by Gasteiger charge is -2.26. The zero-order valence-electron chi connectivity index (χ0n) is 14.7. The van der Waals surface area contributed by atoms with Crippen LogP contribution in [0.2, 0.25) is 0 Å². The lowest BCUT2D eigenvalue weighted by atomic mass is 10.3. The van der Waals surface area contributed by atoms with Gasteiger partial charge >= 0.3 is 0 Å². The molecule has 0 spiro atoms. The lowest BCUT2D eigenvalue weighted by molar-refractivity contribution is -0.115. The van der Waals surface area contributed by atoms with Gasteiger partial charge in [-0.25, -0.2) is 8.42 Å². The number of carbonyl (C=O) groups is 1. The molecular formula is C16H25N3O5S. The predicted octanol–water partition coefficient (Wildman–Crippen LogP) is 0.653. The van der Waals surface area contributed by atoms with Crippen LogP contribution < -0.4 is 15.4 Å². The summed E-state index contributed by atoms with van der Waals surface area (Å²) < 4.78 is 37.5. The Hall–Kier alpha value is -1.68. The van der Waals surface area contributed by atoms with E-state index in [1.807, 2.05) is 13.8 Å². The minimum Gasteiger partial charge on any atom is -0.495 e. The average molecular weight is 371 g/mol. The molecule has 1 saturated heterocycles. The Kier molecular flexibility index (Phi) is 6.77. The van der Waals surface area contributed by atoms with Crippen molar-refractivity contribution in [2.24, 2.45) is 0 Å². The summed E-state index contributed by atoms with van der Waals surface area (Å²) in [4.78, 5) is 12.0. The second-order valence-corrected chi connectivity index (χ2v) is 7.87. The summed E-state index contributed by atoms with van der Waals surface area (Å²) in [5.74, 6) is -0.00150. The van der Waals surface area contributed by atoms with Gasteiger partial charge in [0.2, 0.25) is 15.9 Å². The van der Waals surface area contributed by atoms with Crippen molar-refractivity contribution >= 4 is 21.6 Å². The van der Waals surface area contributed by atoms with E-state index in [0.717, 1.165) is 0 Å². The van der Waals surface area contributed by atoms with Crippen LogP contribution in [0.5, 0.6) is 5.75 Å². The summed E-state index contributed by atoms with van der Waals surface area (Å²) in [5.41, 5.74) is 0.406. The van der Waals surface area contributed by atoms with E-state index < -0.39 is 10.0 Å². The molecule has 0 unspecified atom stereocenters. The van der Waals surface area contributed by atoms with Crippen LogP contribution in [0.25, 0.3) is 0 Å². The van der Waals surface area contributed by atoms with Crippen LogP contribution in [0.4, 0.5) is 5.69 Å². The first-order chi connectivity index (χ1) is 11.8. The number of carbonyl (C=O) groups excluding carboxylic acids is 1. The van der Waals surface area contributed by atoms with Gasteiger partial charge in [0.15, 0.2) is 0 Å². The zero-order chi connectivity index (χ0) is 18.4. The molecule has 1 amide bonds. The Morgan fingerprint density at radius 1 is 1.32 bits per heavy atom. The largest absolute Gasteiger partial charge is 0.495 e. The van der Waals surface area contributed by atoms with Gasteiger partial charge in [0.1, 0.15) is 10.6 Å². The first-order valence-electron chi connectivity index (χ1n) is 8.13. The number of hydrogen-bond acceptors (Lipinski definition) is 6. The number of methoxy groups -OCH3 is 1. The molecule has 1 aliphatic rings. The van der Waals surface area contributed by atoms with Crippen molar-refractivity contribution < 1.29 is 22.7 Å². The number of anilines is 1. The first kappa shape index (κ1) is 19.6. The van der Waals surface area contributed by atoms with E-state index in [-0.39, 0.29) is 29.1 Å². The van der Waals surface area contributed by atoms with Gasteiger partial charge in [0, 0.05) is 24.8 Å². The molecule has 0 atom stereocenters. The lowest BCUT2D eigenvalue weighted by Crippen LogP contribution is -2.40.